The fourth-order valence-corrected chi connectivity index (χ4v) is 3.85. The molecule has 1 unspecified atom stereocenters. The van der Waals surface area contributed by atoms with Gasteiger partial charge < -0.3 is 19.9 Å². The minimum Gasteiger partial charge on any atom is -0.496 e. The van der Waals surface area contributed by atoms with Crippen molar-refractivity contribution in [1.29, 1.82) is 0 Å². The van der Waals surface area contributed by atoms with E-state index in [1.807, 2.05) is 23.1 Å². The van der Waals surface area contributed by atoms with E-state index in [0.717, 1.165) is 43.8 Å². The molecular weight excluding hydrogens is 326 g/mol. The lowest BCUT2D eigenvalue weighted by Crippen LogP contribution is -2.39. The van der Waals surface area contributed by atoms with Crippen molar-refractivity contribution in [3.8, 4) is 5.75 Å². The van der Waals surface area contributed by atoms with Gasteiger partial charge in [-0.1, -0.05) is 30.3 Å². The van der Waals surface area contributed by atoms with Gasteiger partial charge in [-0.15, -0.1) is 0 Å². The molecule has 140 valence electrons. The van der Waals surface area contributed by atoms with Crippen molar-refractivity contribution >= 4 is 16.8 Å². The molecule has 0 bridgehead atoms. The number of fused-ring (bicyclic) bond motifs is 1. The van der Waals surface area contributed by atoms with Crippen molar-refractivity contribution in [1.82, 2.24) is 15.1 Å². The summed E-state index contributed by atoms with van der Waals surface area (Å²) < 4.78 is 5.53. The Balaban J connectivity index is 1.58. The number of nitrogens with one attached hydrogen (secondary N) is 1. The van der Waals surface area contributed by atoms with Crippen molar-refractivity contribution < 1.29 is 9.53 Å². The first kappa shape index (κ1) is 18.5. The van der Waals surface area contributed by atoms with Crippen molar-refractivity contribution in [2.45, 2.75) is 12.8 Å². The Hall–Kier alpha value is -2.27. The zero-order valence-corrected chi connectivity index (χ0v) is 16.0. The number of nitrogens with zero attached hydrogens (tertiary/aromatic N) is 2. The van der Waals surface area contributed by atoms with Gasteiger partial charge in [0.2, 0.25) is 0 Å². The van der Waals surface area contributed by atoms with Gasteiger partial charge in [0.25, 0.3) is 0 Å². The monoisotopic (exact) mass is 355 g/mol. The maximum atomic E-state index is 12.5. The number of carbonyl (C=O) groups excluding carboxylic acids is 1. The van der Waals surface area contributed by atoms with Crippen molar-refractivity contribution in [2.75, 3.05) is 47.4 Å². The Morgan fingerprint density at radius 2 is 2.08 bits per heavy atom. The molecule has 0 aliphatic carbocycles. The minimum absolute atomic E-state index is 0.0467. The van der Waals surface area contributed by atoms with Crippen LogP contribution < -0.4 is 10.1 Å². The second-order valence-electron chi connectivity index (χ2n) is 7.31. The van der Waals surface area contributed by atoms with Gasteiger partial charge in [-0.3, -0.25) is 0 Å². The number of methoxy groups -OCH3 is 1. The number of rotatable bonds is 6. The van der Waals surface area contributed by atoms with Crippen molar-refractivity contribution in [3.63, 3.8) is 0 Å². The van der Waals surface area contributed by atoms with Gasteiger partial charge in [-0.25, -0.2) is 4.79 Å². The smallest absolute Gasteiger partial charge is 0.317 e. The van der Waals surface area contributed by atoms with Gasteiger partial charge in [0.1, 0.15) is 5.75 Å². The summed E-state index contributed by atoms with van der Waals surface area (Å²) in [5, 5.41) is 5.46. The van der Waals surface area contributed by atoms with Gasteiger partial charge in [-0.05, 0) is 49.7 Å². The predicted octanol–water partition coefficient (Wildman–Crippen LogP) is 2.98. The zero-order valence-electron chi connectivity index (χ0n) is 16.0. The van der Waals surface area contributed by atoms with Gasteiger partial charge >= 0.3 is 6.03 Å². The van der Waals surface area contributed by atoms with Crippen LogP contribution in [0.2, 0.25) is 0 Å². The van der Waals surface area contributed by atoms with E-state index in [0.29, 0.717) is 12.5 Å². The number of hydrogen-bond acceptors (Lipinski definition) is 3. The first-order chi connectivity index (χ1) is 12.6. The number of ether oxygens (including phenoxy) is 1. The highest BCUT2D eigenvalue weighted by molar-refractivity contribution is 5.87. The average Bonchev–Trinajstić information content (AvgIpc) is 3.09. The van der Waals surface area contributed by atoms with E-state index in [1.165, 1.54) is 10.8 Å². The molecule has 0 spiro atoms. The lowest BCUT2D eigenvalue weighted by Gasteiger charge is -2.19. The van der Waals surface area contributed by atoms with Crippen LogP contribution in [0.3, 0.4) is 0 Å². The van der Waals surface area contributed by atoms with E-state index in [4.69, 9.17) is 4.74 Å². The van der Waals surface area contributed by atoms with Crippen LogP contribution in [0.1, 0.15) is 12.0 Å². The Morgan fingerprint density at radius 1 is 1.27 bits per heavy atom. The first-order valence-electron chi connectivity index (χ1n) is 9.30. The molecule has 1 N–H and O–H groups in total. The highest BCUT2D eigenvalue weighted by Crippen LogP contribution is 2.28. The topological polar surface area (TPSA) is 44.8 Å². The lowest BCUT2D eigenvalue weighted by atomic mass is 10.0. The average molecular weight is 355 g/mol. The van der Waals surface area contributed by atoms with Crippen LogP contribution in [0.25, 0.3) is 10.8 Å². The summed E-state index contributed by atoms with van der Waals surface area (Å²) in [7, 11) is 5.86. The molecule has 2 aromatic rings. The largest absolute Gasteiger partial charge is 0.496 e. The Kier molecular flexibility index (Phi) is 5.99. The standard InChI is InChI=1S/C21H29N3O2/c1-23(2)14-16-11-13-24(15-16)21(25)22-12-10-19-18-7-5-4-6-17(18)8-9-20(19)26-3/h4-9,16H,10-15H2,1-3H3,(H,22,25). The molecule has 0 radical (unpaired) electrons. The van der Waals surface area contributed by atoms with Gasteiger partial charge in [0.15, 0.2) is 0 Å². The summed E-state index contributed by atoms with van der Waals surface area (Å²) in [6.45, 7) is 3.35. The van der Waals surface area contributed by atoms with Crippen LogP contribution in [0, 0.1) is 5.92 Å². The van der Waals surface area contributed by atoms with Gasteiger partial charge in [0, 0.05) is 31.7 Å². The summed E-state index contributed by atoms with van der Waals surface area (Å²) in [6.07, 6.45) is 1.84. The maximum Gasteiger partial charge on any atom is 0.317 e. The molecular formula is C21H29N3O2. The molecule has 3 rings (SSSR count). The van der Waals surface area contributed by atoms with E-state index < -0.39 is 0 Å². The normalized spacial score (nSPS) is 17.1. The van der Waals surface area contributed by atoms with E-state index in [9.17, 15) is 4.79 Å². The fourth-order valence-electron chi connectivity index (χ4n) is 3.85. The molecule has 2 amide bonds. The lowest BCUT2D eigenvalue weighted by molar-refractivity contribution is 0.205. The molecule has 5 nitrogen and oxygen atoms in total. The molecule has 1 aliphatic rings. The summed E-state index contributed by atoms with van der Waals surface area (Å²) in [6, 6.07) is 12.4. The van der Waals surface area contributed by atoms with E-state index in [2.05, 4.69) is 42.5 Å². The van der Waals surface area contributed by atoms with Crippen LogP contribution in [0.4, 0.5) is 4.79 Å². The fraction of sp³-hybridized carbons (Fsp3) is 0.476. The maximum absolute atomic E-state index is 12.5. The molecule has 0 saturated carbocycles. The third kappa shape index (κ3) is 4.28. The molecule has 5 heteroatoms. The molecule has 26 heavy (non-hydrogen) atoms. The molecule has 1 fully saturated rings. The quantitative estimate of drug-likeness (QED) is 0.866. The number of amides is 2. The molecule has 1 saturated heterocycles. The summed E-state index contributed by atoms with van der Waals surface area (Å²) in [4.78, 5) is 16.6. The summed E-state index contributed by atoms with van der Waals surface area (Å²) in [5.41, 5.74) is 1.15. The van der Waals surface area contributed by atoms with Crippen LogP contribution in [0.5, 0.6) is 5.75 Å². The van der Waals surface area contributed by atoms with E-state index in [1.54, 1.807) is 7.11 Å². The van der Waals surface area contributed by atoms with E-state index >= 15 is 0 Å². The van der Waals surface area contributed by atoms with Crippen LogP contribution in [0.15, 0.2) is 36.4 Å². The Labute approximate surface area is 155 Å². The first-order valence-corrected chi connectivity index (χ1v) is 9.30. The number of benzene rings is 2. The molecule has 1 heterocycles. The van der Waals surface area contributed by atoms with Crippen LogP contribution >= 0.6 is 0 Å². The van der Waals surface area contributed by atoms with Gasteiger partial charge in [0.05, 0.1) is 7.11 Å². The highest BCUT2D eigenvalue weighted by Gasteiger charge is 2.26. The molecule has 1 aliphatic heterocycles. The Morgan fingerprint density at radius 3 is 2.85 bits per heavy atom. The number of carbonyl (C=O) groups is 1. The number of urea groups is 1. The number of likely N-dealkylation sites (tertiary alicyclic amines) is 1. The SMILES string of the molecule is COc1ccc2ccccc2c1CCNC(=O)N1CCC(CN(C)C)C1. The molecule has 1 atom stereocenters. The summed E-state index contributed by atoms with van der Waals surface area (Å²) >= 11 is 0. The van der Waals surface area contributed by atoms with Crippen LogP contribution in [-0.2, 0) is 6.42 Å². The highest BCUT2D eigenvalue weighted by atomic mass is 16.5. The second kappa shape index (κ2) is 8.41. The predicted molar refractivity (Wildman–Crippen MR) is 106 cm³/mol. The van der Waals surface area contributed by atoms with Gasteiger partial charge in [-0.2, -0.15) is 0 Å². The number of hydrogen-bond donors (Lipinski definition) is 1. The summed E-state index contributed by atoms with van der Waals surface area (Å²) in [5.74, 6) is 1.46. The third-order valence-electron chi connectivity index (χ3n) is 5.07. The van der Waals surface area contributed by atoms with Crippen LogP contribution in [-0.4, -0.2) is 63.2 Å². The zero-order chi connectivity index (χ0) is 18.5. The Bertz CT molecular complexity index is 760. The molecule has 2 aromatic carbocycles. The van der Waals surface area contributed by atoms with E-state index in [-0.39, 0.29) is 6.03 Å². The third-order valence-corrected chi connectivity index (χ3v) is 5.07. The second-order valence-corrected chi connectivity index (χ2v) is 7.31. The molecule has 0 aromatic heterocycles. The van der Waals surface area contributed by atoms with Crippen molar-refractivity contribution in [2.24, 2.45) is 5.92 Å². The minimum atomic E-state index is 0.0467. The van der Waals surface area contributed by atoms with Crippen molar-refractivity contribution in [3.05, 3.63) is 42.0 Å².